The maximum Gasteiger partial charge on any atom is 0.331 e. The van der Waals surface area contributed by atoms with E-state index in [-0.39, 0.29) is 29.3 Å². The molecule has 0 radical (unpaired) electrons. The Balaban J connectivity index is 2.18. The van der Waals surface area contributed by atoms with E-state index in [0.717, 1.165) is 38.5 Å². The van der Waals surface area contributed by atoms with Gasteiger partial charge in [-0.3, -0.25) is 4.79 Å². The Labute approximate surface area is 163 Å². The number of rotatable bonds is 8. The predicted octanol–water partition coefficient (Wildman–Crippen LogP) is 4.19. The van der Waals surface area contributed by atoms with E-state index in [9.17, 15) is 19.8 Å². The zero-order valence-corrected chi connectivity index (χ0v) is 17.3. The monoisotopic (exact) mass is 380 g/mol. The van der Waals surface area contributed by atoms with Crippen molar-refractivity contribution < 1.29 is 24.5 Å². The summed E-state index contributed by atoms with van der Waals surface area (Å²) in [6.07, 6.45) is 8.23. The molecule has 0 aromatic carbocycles. The number of aliphatic hydroxyl groups excluding tert-OH is 1. The van der Waals surface area contributed by atoms with Crippen LogP contribution < -0.4 is 0 Å². The van der Waals surface area contributed by atoms with Crippen molar-refractivity contribution >= 4 is 11.9 Å². The molecular formula is C22H36O5. The van der Waals surface area contributed by atoms with Crippen LogP contribution in [0, 0.1) is 28.6 Å². The second-order valence-electron chi connectivity index (χ2n) is 9.14. The summed E-state index contributed by atoms with van der Waals surface area (Å²) in [4.78, 5) is 23.0. The van der Waals surface area contributed by atoms with E-state index in [0.29, 0.717) is 30.4 Å². The number of carboxylic acid groups (broad SMARTS) is 1. The molecule has 1 unspecified atom stereocenters. The maximum absolute atomic E-state index is 11.9. The number of carboxylic acids is 1. The van der Waals surface area contributed by atoms with Crippen molar-refractivity contribution in [2.45, 2.75) is 72.6 Å². The average Bonchev–Trinajstić information content (AvgIpc) is 2.60. The van der Waals surface area contributed by atoms with E-state index in [1.165, 1.54) is 6.92 Å². The first-order valence-corrected chi connectivity index (χ1v) is 10.3. The van der Waals surface area contributed by atoms with Crippen molar-refractivity contribution in [2.75, 3.05) is 13.2 Å². The van der Waals surface area contributed by atoms with E-state index in [2.05, 4.69) is 20.8 Å². The van der Waals surface area contributed by atoms with Crippen LogP contribution in [0.25, 0.3) is 0 Å². The third-order valence-electron chi connectivity index (χ3n) is 7.59. The van der Waals surface area contributed by atoms with Crippen molar-refractivity contribution in [3.63, 3.8) is 0 Å². The van der Waals surface area contributed by atoms with Gasteiger partial charge in [-0.05, 0) is 68.1 Å². The summed E-state index contributed by atoms with van der Waals surface area (Å²) in [6.45, 7) is 8.62. The zero-order valence-electron chi connectivity index (χ0n) is 17.3. The van der Waals surface area contributed by atoms with Crippen LogP contribution in [0.2, 0.25) is 0 Å². The van der Waals surface area contributed by atoms with E-state index < -0.39 is 5.97 Å². The molecule has 2 rings (SSSR count). The molecule has 2 aliphatic rings. The van der Waals surface area contributed by atoms with Gasteiger partial charge in [0.2, 0.25) is 0 Å². The van der Waals surface area contributed by atoms with Crippen molar-refractivity contribution in [2.24, 2.45) is 28.6 Å². The molecule has 0 aromatic heterocycles. The number of aliphatic hydroxyl groups is 1. The third-order valence-corrected chi connectivity index (χ3v) is 7.59. The van der Waals surface area contributed by atoms with Gasteiger partial charge >= 0.3 is 11.9 Å². The van der Waals surface area contributed by atoms with Crippen molar-refractivity contribution in [1.29, 1.82) is 0 Å². The Morgan fingerprint density at radius 2 is 2.00 bits per heavy atom. The van der Waals surface area contributed by atoms with Crippen molar-refractivity contribution in [3.05, 3.63) is 11.6 Å². The second kappa shape index (κ2) is 8.76. The van der Waals surface area contributed by atoms with Gasteiger partial charge in [0.1, 0.15) is 0 Å². The summed E-state index contributed by atoms with van der Waals surface area (Å²) in [6, 6.07) is 0. The van der Waals surface area contributed by atoms with Crippen LogP contribution in [0.15, 0.2) is 11.6 Å². The minimum Gasteiger partial charge on any atom is -0.478 e. The van der Waals surface area contributed by atoms with Crippen LogP contribution in [0.3, 0.4) is 0 Å². The predicted molar refractivity (Wildman–Crippen MR) is 104 cm³/mol. The number of carbonyl (C=O) groups is 2. The van der Waals surface area contributed by atoms with Gasteiger partial charge in [-0.2, -0.15) is 0 Å². The highest BCUT2D eigenvalue weighted by atomic mass is 16.5. The molecule has 5 heteroatoms. The number of allylic oxidation sites excluding steroid dienone is 1. The number of carbonyl (C=O) groups excluding carboxylic acids is 1. The van der Waals surface area contributed by atoms with Crippen LogP contribution in [0.1, 0.15) is 72.6 Å². The first-order chi connectivity index (χ1) is 12.6. The maximum atomic E-state index is 11.9. The van der Waals surface area contributed by atoms with E-state index >= 15 is 0 Å². The van der Waals surface area contributed by atoms with Gasteiger partial charge < -0.3 is 14.9 Å². The minimum absolute atomic E-state index is 0.0475. The van der Waals surface area contributed by atoms with Crippen molar-refractivity contribution in [1.82, 2.24) is 0 Å². The first-order valence-electron chi connectivity index (χ1n) is 10.3. The fourth-order valence-corrected chi connectivity index (χ4v) is 5.69. The second-order valence-corrected chi connectivity index (χ2v) is 9.14. The summed E-state index contributed by atoms with van der Waals surface area (Å²) >= 11 is 0. The number of hydrogen-bond donors (Lipinski definition) is 2. The zero-order chi connectivity index (χ0) is 20.2. The molecule has 154 valence electrons. The lowest BCUT2D eigenvalue weighted by molar-refractivity contribution is -0.142. The van der Waals surface area contributed by atoms with Crippen LogP contribution in [0.4, 0.5) is 0 Å². The molecule has 0 heterocycles. The summed E-state index contributed by atoms with van der Waals surface area (Å²) in [5.41, 5.74) is 0.378. The molecule has 5 nitrogen and oxygen atoms in total. The standard InChI is InChI=1S/C22H36O5/c1-15-8-11-22(4)18(20(25)26)6-5-7-19(22)21(15,3)12-9-17(10-13-23)14-27-16(2)24/h6,15,17,19,23H,5,7-14H2,1-4H3,(H,25,26)/t15-,17?,19-,21+,22+/m1/s1. The molecule has 0 aromatic rings. The number of hydrogen-bond acceptors (Lipinski definition) is 4. The molecule has 0 bridgehead atoms. The quantitative estimate of drug-likeness (QED) is 0.617. The summed E-state index contributed by atoms with van der Waals surface area (Å²) < 4.78 is 5.19. The summed E-state index contributed by atoms with van der Waals surface area (Å²) in [7, 11) is 0. The van der Waals surface area contributed by atoms with Crippen LogP contribution in [0.5, 0.6) is 0 Å². The van der Waals surface area contributed by atoms with Gasteiger partial charge in [0.05, 0.1) is 6.61 Å². The van der Waals surface area contributed by atoms with E-state index in [4.69, 9.17) is 4.74 Å². The van der Waals surface area contributed by atoms with Crippen molar-refractivity contribution in [3.8, 4) is 0 Å². The van der Waals surface area contributed by atoms with Crippen LogP contribution >= 0.6 is 0 Å². The average molecular weight is 381 g/mol. The van der Waals surface area contributed by atoms with Gasteiger partial charge in [-0.1, -0.05) is 26.8 Å². The Kier molecular flexibility index (Phi) is 7.12. The highest BCUT2D eigenvalue weighted by Gasteiger charge is 2.55. The van der Waals surface area contributed by atoms with Gasteiger partial charge in [0.15, 0.2) is 0 Å². The number of ether oxygens (including phenoxy) is 1. The molecule has 0 saturated heterocycles. The number of fused-ring (bicyclic) bond motifs is 1. The van der Waals surface area contributed by atoms with Gasteiger partial charge in [0, 0.05) is 24.5 Å². The lowest BCUT2D eigenvalue weighted by Gasteiger charge is -2.57. The molecule has 0 amide bonds. The third kappa shape index (κ3) is 4.56. The molecule has 1 saturated carbocycles. The van der Waals surface area contributed by atoms with Gasteiger partial charge in [-0.25, -0.2) is 4.79 Å². The summed E-state index contributed by atoms with van der Waals surface area (Å²) in [5.74, 6) is -0.0480. The Morgan fingerprint density at radius 1 is 1.30 bits per heavy atom. The molecular weight excluding hydrogens is 344 g/mol. The van der Waals surface area contributed by atoms with E-state index in [1.807, 2.05) is 6.08 Å². The minimum atomic E-state index is -0.771. The number of esters is 1. The molecule has 27 heavy (non-hydrogen) atoms. The molecule has 5 atom stereocenters. The molecule has 0 spiro atoms. The molecule has 2 N–H and O–H groups in total. The largest absolute Gasteiger partial charge is 0.478 e. The lowest BCUT2D eigenvalue weighted by atomic mass is 9.46. The normalized spacial score (nSPS) is 34.3. The topological polar surface area (TPSA) is 83.8 Å². The fraction of sp³-hybridized carbons (Fsp3) is 0.818. The molecule has 2 aliphatic carbocycles. The highest BCUT2D eigenvalue weighted by Crippen LogP contribution is 2.62. The van der Waals surface area contributed by atoms with Gasteiger partial charge in [-0.15, -0.1) is 0 Å². The Morgan fingerprint density at radius 3 is 2.59 bits per heavy atom. The van der Waals surface area contributed by atoms with Crippen LogP contribution in [-0.2, 0) is 14.3 Å². The van der Waals surface area contributed by atoms with Gasteiger partial charge in [0.25, 0.3) is 0 Å². The Hall–Kier alpha value is -1.36. The highest BCUT2D eigenvalue weighted by molar-refractivity contribution is 5.88. The van der Waals surface area contributed by atoms with Crippen LogP contribution in [-0.4, -0.2) is 35.4 Å². The Bertz CT molecular complexity index is 583. The fourth-order valence-electron chi connectivity index (χ4n) is 5.69. The number of aliphatic carboxylic acids is 1. The first kappa shape index (κ1) is 21.9. The lowest BCUT2D eigenvalue weighted by Crippen LogP contribution is -2.51. The molecule has 0 aliphatic heterocycles. The molecule has 1 fully saturated rings. The smallest absolute Gasteiger partial charge is 0.331 e. The summed E-state index contributed by atoms with van der Waals surface area (Å²) in [5, 5.41) is 19.1. The van der Waals surface area contributed by atoms with E-state index in [1.54, 1.807) is 0 Å². The SMILES string of the molecule is CC(=O)OCC(CCO)CC[C@@]1(C)[C@H](C)CC[C@@]2(C)C(C(=O)O)=CCC[C@H]12.